The summed E-state index contributed by atoms with van der Waals surface area (Å²) in [6, 6.07) is 13.0. The van der Waals surface area contributed by atoms with E-state index in [1.165, 1.54) is 31.4 Å². The minimum Gasteiger partial charge on any atom is -0.497 e. The molecule has 7 heteroatoms. The number of methoxy groups -OCH3 is 2. The third-order valence-electron chi connectivity index (χ3n) is 5.65. The number of nitrogens with one attached hydrogen (secondary N) is 1. The second-order valence-corrected chi connectivity index (χ2v) is 10.5. The van der Waals surface area contributed by atoms with Crippen molar-refractivity contribution in [3.8, 4) is 11.5 Å². The number of fused-ring (bicyclic) bond motifs is 1. The van der Waals surface area contributed by atoms with Crippen molar-refractivity contribution in [2.75, 3.05) is 27.3 Å². The van der Waals surface area contributed by atoms with Crippen LogP contribution < -0.4 is 14.2 Å². The number of ether oxygens (including phenoxy) is 2. The SMILES string of the molecule is COc1ccc(OC)c(S(=O)(=O)NC(CN2CCc3ccccc3C2)C(C)(C)C)c1. The standard InChI is InChI=1S/C23H32N2O4S/c1-23(2,3)22(16-25-13-12-17-8-6-7-9-18(17)15-25)24-30(26,27)21-14-19(28-4)10-11-20(21)29-5/h6-11,14,22,24H,12-13,15-16H2,1-5H3. The van der Waals surface area contributed by atoms with Crippen LogP contribution in [0.4, 0.5) is 0 Å². The van der Waals surface area contributed by atoms with Gasteiger partial charge in [-0.05, 0) is 35.1 Å². The molecule has 2 aromatic rings. The molecule has 0 saturated heterocycles. The molecule has 6 nitrogen and oxygen atoms in total. The van der Waals surface area contributed by atoms with E-state index in [4.69, 9.17) is 9.47 Å². The maximum Gasteiger partial charge on any atom is 0.244 e. The summed E-state index contributed by atoms with van der Waals surface area (Å²) in [5, 5.41) is 0. The molecule has 164 valence electrons. The lowest BCUT2D eigenvalue weighted by Crippen LogP contribution is -2.51. The van der Waals surface area contributed by atoms with Crippen LogP contribution in [0.2, 0.25) is 0 Å². The molecule has 1 aliphatic heterocycles. The predicted octanol–water partition coefficient (Wildman–Crippen LogP) is 3.46. The molecular weight excluding hydrogens is 400 g/mol. The highest BCUT2D eigenvalue weighted by Crippen LogP contribution is 2.30. The third-order valence-corrected chi connectivity index (χ3v) is 7.15. The van der Waals surface area contributed by atoms with Gasteiger partial charge in [0.1, 0.15) is 16.4 Å². The molecule has 0 aliphatic carbocycles. The van der Waals surface area contributed by atoms with Gasteiger partial charge in [0.05, 0.1) is 14.2 Å². The van der Waals surface area contributed by atoms with E-state index in [2.05, 4.69) is 54.7 Å². The monoisotopic (exact) mass is 432 g/mol. The molecule has 0 fully saturated rings. The van der Waals surface area contributed by atoms with Gasteiger partial charge < -0.3 is 9.47 Å². The lowest BCUT2D eigenvalue weighted by atomic mass is 9.86. The fourth-order valence-corrected chi connectivity index (χ4v) is 5.32. The number of rotatable bonds is 7. The minimum atomic E-state index is -3.81. The summed E-state index contributed by atoms with van der Waals surface area (Å²) in [4.78, 5) is 2.41. The van der Waals surface area contributed by atoms with E-state index in [1.807, 2.05) is 0 Å². The van der Waals surface area contributed by atoms with Gasteiger partial charge in [-0.25, -0.2) is 13.1 Å². The van der Waals surface area contributed by atoms with E-state index in [-0.39, 0.29) is 16.4 Å². The van der Waals surface area contributed by atoms with Crippen LogP contribution >= 0.6 is 0 Å². The summed E-state index contributed by atoms with van der Waals surface area (Å²) in [6.07, 6.45) is 0.976. The van der Waals surface area contributed by atoms with E-state index in [0.29, 0.717) is 18.0 Å². The average molecular weight is 433 g/mol. The van der Waals surface area contributed by atoms with Crippen LogP contribution in [0.15, 0.2) is 47.4 Å². The maximum atomic E-state index is 13.3. The zero-order valence-corrected chi connectivity index (χ0v) is 19.3. The topological polar surface area (TPSA) is 67.9 Å². The Morgan fingerprint density at radius 1 is 1.07 bits per heavy atom. The number of nitrogens with zero attached hydrogens (tertiary/aromatic N) is 1. The van der Waals surface area contributed by atoms with Crippen molar-refractivity contribution < 1.29 is 17.9 Å². The lowest BCUT2D eigenvalue weighted by molar-refractivity contribution is 0.176. The predicted molar refractivity (Wildman–Crippen MR) is 119 cm³/mol. The van der Waals surface area contributed by atoms with E-state index < -0.39 is 10.0 Å². The molecular formula is C23H32N2O4S. The molecule has 0 aromatic heterocycles. The van der Waals surface area contributed by atoms with Crippen LogP contribution in [0, 0.1) is 5.41 Å². The zero-order valence-electron chi connectivity index (χ0n) is 18.4. The summed E-state index contributed by atoms with van der Waals surface area (Å²) in [7, 11) is -0.834. The van der Waals surface area contributed by atoms with Gasteiger partial charge in [0.25, 0.3) is 0 Å². The first kappa shape index (κ1) is 22.6. The van der Waals surface area contributed by atoms with Crippen molar-refractivity contribution in [3.05, 3.63) is 53.6 Å². The van der Waals surface area contributed by atoms with Crippen LogP contribution in [0.5, 0.6) is 11.5 Å². The summed E-state index contributed by atoms with van der Waals surface area (Å²) < 4.78 is 40.1. The molecule has 0 radical (unpaired) electrons. The Morgan fingerprint density at radius 3 is 2.40 bits per heavy atom. The number of hydrogen-bond donors (Lipinski definition) is 1. The molecule has 1 atom stereocenters. The highest BCUT2D eigenvalue weighted by atomic mass is 32.2. The Labute approximate surface area is 180 Å². The molecule has 30 heavy (non-hydrogen) atoms. The highest BCUT2D eigenvalue weighted by Gasteiger charge is 2.33. The fourth-order valence-electron chi connectivity index (χ4n) is 3.70. The Balaban J connectivity index is 1.84. The Hall–Kier alpha value is -2.09. The van der Waals surface area contributed by atoms with Crippen molar-refractivity contribution in [2.45, 2.75) is 44.7 Å². The van der Waals surface area contributed by atoms with Crippen LogP contribution in [0.25, 0.3) is 0 Å². The molecule has 1 unspecified atom stereocenters. The van der Waals surface area contributed by atoms with Gasteiger partial charge in [0, 0.05) is 31.7 Å². The van der Waals surface area contributed by atoms with Crippen LogP contribution in [-0.4, -0.2) is 46.7 Å². The van der Waals surface area contributed by atoms with Crippen molar-refractivity contribution >= 4 is 10.0 Å². The molecule has 1 heterocycles. The van der Waals surface area contributed by atoms with Gasteiger partial charge >= 0.3 is 0 Å². The largest absolute Gasteiger partial charge is 0.497 e. The fraction of sp³-hybridized carbons (Fsp3) is 0.478. The van der Waals surface area contributed by atoms with Crippen molar-refractivity contribution in [2.24, 2.45) is 5.41 Å². The average Bonchev–Trinajstić information content (AvgIpc) is 2.72. The first-order chi connectivity index (χ1) is 14.1. The Kier molecular flexibility index (Phi) is 6.75. The first-order valence-corrected chi connectivity index (χ1v) is 11.7. The van der Waals surface area contributed by atoms with Crippen molar-refractivity contribution in [3.63, 3.8) is 0 Å². The van der Waals surface area contributed by atoms with Gasteiger partial charge in [0.15, 0.2) is 0 Å². The highest BCUT2D eigenvalue weighted by molar-refractivity contribution is 7.89. The van der Waals surface area contributed by atoms with Crippen LogP contribution in [0.1, 0.15) is 31.9 Å². The van der Waals surface area contributed by atoms with E-state index in [0.717, 1.165) is 19.5 Å². The Bertz CT molecular complexity index is 983. The molecule has 2 aromatic carbocycles. The number of sulfonamides is 1. The molecule has 1 N–H and O–H groups in total. The normalized spacial score (nSPS) is 16.0. The lowest BCUT2D eigenvalue weighted by Gasteiger charge is -2.37. The molecule has 0 amide bonds. The zero-order chi connectivity index (χ0) is 21.9. The number of hydrogen-bond acceptors (Lipinski definition) is 5. The van der Waals surface area contributed by atoms with Gasteiger partial charge in [-0.3, -0.25) is 4.90 Å². The molecule has 0 spiro atoms. The third kappa shape index (κ3) is 5.14. The van der Waals surface area contributed by atoms with Crippen LogP contribution in [0.3, 0.4) is 0 Å². The second-order valence-electron chi connectivity index (χ2n) is 8.81. The van der Waals surface area contributed by atoms with Crippen LogP contribution in [-0.2, 0) is 23.0 Å². The van der Waals surface area contributed by atoms with Gasteiger partial charge in [-0.1, -0.05) is 45.0 Å². The summed E-state index contributed by atoms with van der Waals surface area (Å²) in [5.74, 6) is 0.763. The molecule has 1 aliphatic rings. The quantitative estimate of drug-likeness (QED) is 0.726. The van der Waals surface area contributed by atoms with Gasteiger partial charge in [-0.2, -0.15) is 0 Å². The summed E-state index contributed by atoms with van der Waals surface area (Å²) in [5.41, 5.74) is 2.42. The Morgan fingerprint density at radius 2 is 1.77 bits per heavy atom. The molecule has 0 saturated carbocycles. The summed E-state index contributed by atoms with van der Waals surface area (Å²) >= 11 is 0. The van der Waals surface area contributed by atoms with Crippen molar-refractivity contribution in [1.82, 2.24) is 9.62 Å². The van der Waals surface area contributed by atoms with E-state index >= 15 is 0 Å². The van der Waals surface area contributed by atoms with Gasteiger partial charge in [0.2, 0.25) is 10.0 Å². The second kappa shape index (κ2) is 8.96. The maximum absolute atomic E-state index is 13.3. The smallest absolute Gasteiger partial charge is 0.244 e. The van der Waals surface area contributed by atoms with Crippen molar-refractivity contribution in [1.29, 1.82) is 0 Å². The number of benzene rings is 2. The summed E-state index contributed by atoms with van der Waals surface area (Å²) in [6.45, 7) is 8.53. The molecule has 3 rings (SSSR count). The van der Waals surface area contributed by atoms with Gasteiger partial charge in [-0.15, -0.1) is 0 Å². The first-order valence-electron chi connectivity index (χ1n) is 10.2. The van der Waals surface area contributed by atoms with E-state index in [9.17, 15) is 8.42 Å². The minimum absolute atomic E-state index is 0.0857. The molecule has 0 bridgehead atoms. The van der Waals surface area contributed by atoms with E-state index in [1.54, 1.807) is 12.1 Å².